The number of hydrogen-bond acceptors (Lipinski definition) is 4. The summed E-state index contributed by atoms with van der Waals surface area (Å²) in [5.74, 6) is -0.519. The molecule has 0 saturated heterocycles. The fourth-order valence-corrected chi connectivity index (χ4v) is 1.76. The first kappa shape index (κ1) is 15.2. The molecule has 1 aromatic rings. The zero-order valence-electron chi connectivity index (χ0n) is 9.78. The molecule has 0 bridgehead atoms. The zero-order valence-corrected chi connectivity index (χ0v) is 11.3. The van der Waals surface area contributed by atoms with E-state index < -0.39 is 11.4 Å². The molecule has 0 unspecified atom stereocenters. The number of carbonyl (C=O) groups is 1. The van der Waals surface area contributed by atoms with Crippen molar-refractivity contribution in [2.75, 3.05) is 13.2 Å². The number of pyridine rings is 1. The Morgan fingerprint density at radius 3 is 2.44 bits per heavy atom. The zero-order chi connectivity index (χ0) is 13.8. The highest BCUT2D eigenvalue weighted by molar-refractivity contribution is 6.34. The molecule has 0 spiro atoms. The van der Waals surface area contributed by atoms with Crippen LogP contribution in [0.25, 0.3) is 0 Å². The molecule has 1 heterocycles. The van der Waals surface area contributed by atoms with Crippen LogP contribution in [0.5, 0.6) is 0 Å². The van der Waals surface area contributed by atoms with Gasteiger partial charge in [-0.2, -0.15) is 0 Å². The number of carbonyl (C=O) groups excluding carboxylic acids is 1. The second kappa shape index (κ2) is 6.33. The van der Waals surface area contributed by atoms with Crippen LogP contribution in [-0.2, 0) is 0 Å². The standard InChI is InChI=1S/C11H14Cl2N2O3/c1-2-11(5-16,6-17)15-10(18)7-3-4-8(12)14-9(7)13/h3-4,16-17H,2,5-6H2,1H3,(H,15,18). The maximum Gasteiger partial charge on any atom is 0.255 e. The number of aliphatic hydroxyl groups excluding tert-OH is 2. The number of aliphatic hydroxyl groups is 2. The van der Waals surface area contributed by atoms with E-state index in [4.69, 9.17) is 23.2 Å². The Balaban J connectivity index is 2.94. The van der Waals surface area contributed by atoms with Gasteiger partial charge in [-0.1, -0.05) is 30.1 Å². The maximum atomic E-state index is 12.0. The number of rotatable bonds is 5. The predicted molar refractivity (Wildman–Crippen MR) is 68.9 cm³/mol. The van der Waals surface area contributed by atoms with Crippen LogP contribution in [0.15, 0.2) is 12.1 Å². The molecule has 0 saturated carbocycles. The van der Waals surface area contributed by atoms with Crippen molar-refractivity contribution in [3.63, 3.8) is 0 Å². The third-order valence-electron chi connectivity index (χ3n) is 2.72. The molecule has 0 radical (unpaired) electrons. The van der Waals surface area contributed by atoms with E-state index in [0.29, 0.717) is 6.42 Å². The number of hydrogen-bond donors (Lipinski definition) is 3. The monoisotopic (exact) mass is 292 g/mol. The van der Waals surface area contributed by atoms with Crippen molar-refractivity contribution < 1.29 is 15.0 Å². The molecule has 5 nitrogen and oxygen atoms in total. The summed E-state index contributed by atoms with van der Waals surface area (Å²) in [7, 11) is 0. The average molecular weight is 293 g/mol. The SMILES string of the molecule is CCC(CO)(CO)NC(=O)c1ccc(Cl)nc1Cl. The summed E-state index contributed by atoms with van der Waals surface area (Å²) in [4.78, 5) is 15.7. The van der Waals surface area contributed by atoms with E-state index >= 15 is 0 Å². The van der Waals surface area contributed by atoms with Crippen LogP contribution in [-0.4, -0.2) is 39.9 Å². The highest BCUT2D eigenvalue weighted by Crippen LogP contribution is 2.18. The molecule has 7 heteroatoms. The van der Waals surface area contributed by atoms with Crippen LogP contribution < -0.4 is 5.32 Å². The third-order valence-corrected chi connectivity index (χ3v) is 3.22. The highest BCUT2D eigenvalue weighted by atomic mass is 35.5. The summed E-state index contributed by atoms with van der Waals surface area (Å²) in [6.07, 6.45) is 0.379. The number of nitrogens with zero attached hydrogens (tertiary/aromatic N) is 1. The lowest BCUT2D eigenvalue weighted by Crippen LogP contribution is -2.53. The first-order chi connectivity index (χ1) is 8.48. The normalized spacial score (nSPS) is 11.4. The van der Waals surface area contributed by atoms with Crippen LogP contribution in [0.1, 0.15) is 23.7 Å². The Morgan fingerprint density at radius 1 is 1.39 bits per heavy atom. The van der Waals surface area contributed by atoms with E-state index in [1.54, 1.807) is 6.92 Å². The molecule has 0 aliphatic rings. The van der Waals surface area contributed by atoms with Gasteiger partial charge in [-0.25, -0.2) is 4.98 Å². The van der Waals surface area contributed by atoms with Crippen LogP contribution >= 0.6 is 23.2 Å². The fourth-order valence-electron chi connectivity index (χ4n) is 1.33. The molecular weight excluding hydrogens is 279 g/mol. The van der Waals surface area contributed by atoms with Gasteiger partial charge >= 0.3 is 0 Å². The molecule has 0 aliphatic carbocycles. The minimum absolute atomic E-state index is 0.0270. The number of aromatic nitrogens is 1. The minimum atomic E-state index is -1.07. The summed E-state index contributed by atoms with van der Waals surface area (Å²) in [5, 5.41) is 21.2. The molecule has 0 fully saturated rings. The lowest BCUT2D eigenvalue weighted by Gasteiger charge is -2.29. The molecule has 0 aromatic carbocycles. The molecule has 1 rings (SSSR count). The van der Waals surface area contributed by atoms with Gasteiger partial charge in [-0.15, -0.1) is 0 Å². The highest BCUT2D eigenvalue weighted by Gasteiger charge is 2.29. The van der Waals surface area contributed by atoms with Crippen LogP contribution in [0, 0.1) is 0 Å². The van der Waals surface area contributed by atoms with Crippen molar-refractivity contribution in [3.8, 4) is 0 Å². The van der Waals surface area contributed by atoms with Gasteiger partial charge in [-0.05, 0) is 18.6 Å². The summed E-state index contributed by atoms with van der Waals surface area (Å²) in [6, 6.07) is 2.87. The Bertz CT molecular complexity index is 428. The van der Waals surface area contributed by atoms with Gasteiger partial charge < -0.3 is 15.5 Å². The van der Waals surface area contributed by atoms with Gasteiger partial charge in [0.25, 0.3) is 5.91 Å². The van der Waals surface area contributed by atoms with Crippen molar-refractivity contribution in [2.24, 2.45) is 0 Å². The van der Waals surface area contributed by atoms with E-state index in [1.807, 2.05) is 0 Å². The van der Waals surface area contributed by atoms with E-state index in [1.165, 1.54) is 12.1 Å². The molecule has 18 heavy (non-hydrogen) atoms. The minimum Gasteiger partial charge on any atom is -0.394 e. The van der Waals surface area contributed by atoms with Gasteiger partial charge in [0.1, 0.15) is 10.3 Å². The number of nitrogens with one attached hydrogen (secondary N) is 1. The molecule has 100 valence electrons. The van der Waals surface area contributed by atoms with Gasteiger partial charge in [0.15, 0.2) is 0 Å². The van der Waals surface area contributed by atoms with Gasteiger partial charge in [0.2, 0.25) is 0 Å². The lowest BCUT2D eigenvalue weighted by molar-refractivity contribution is 0.0653. The molecule has 3 N–H and O–H groups in total. The average Bonchev–Trinajstić information content (AvgIpc) is 2.36. The van der Waals surface area contributed by atoms with Gasteiger partial charge in [0.05, 0.1) is 24.3 Å². The number of amides is 1. The first-order valence-corrected chi connectivity index (χ1v) is 6.10. The predicted octanol–water partition coefficient (Wildman–Crippen LogP) is 1.25. The third kappa shape index (κ3) is 3.32. The molecular formula is C11H14Cl2N2O3. The van der Waals surface area contributed by atoms with Crippen LogP contribution in [0.3, 0.4) is 0 Å². The molecule has 0 aliphatic heterocycles. The largest absolute Gasteiger partial charge is 0.394 e. The Kier molecular flexibility index (Phi) is 5.34. The Morgan fingerprint density at radius 2 is 2.00 bits per heavy atom. The summed E-state index contributed by atoms with van der Waals surface area (Å²) in [6.45, 7) is 1.00. The topological polar surface area (TPSA) is 82.5 Å². The lowest BCUT2D eigenvalue weighted by atomic mass is 9.98. The smallest absolute Gasteiger partial charge is 0.255 e. The summed E-state index contributed by atoms with van der Waals surface area (Å²) in [5.41, 5.74) is -0.930. The van der Waals surface area contributed by atoms with Crippen molar-refractivity contribution in [1.82, 2.24) is 10.3 Å². The summed E-state index contributed by atoms with van der Waals surface area (Å²) >= 11 is 11.4. The van der Waals surface area contributed by atoms with Crippen LogP contribution in [0.2, 0.25) is 10.3 Å². The Labute approximate surface area is 115 Å². The van der Waals surface area contributed by atoms with E-state index in [9.17, 15) is 15.0 Å². The van der Waals surface area contributed by atoms with Crippen molar-refractivity contribution in [3.05, 3.63) is 28.0 Å². The van der Waals surface area contributed by atoms with Gasteiger partial charge in [0, 0.05) is 0 Å². The van der Waals surface area contributed by atoms with Crippen molar-refractivity contribution >= 4 is 29.1 Å². The van der Waals surface area contributed by atoms with E-state index in [0.717, 1.165) is 0 Å². The molecule has 1 amide bonds. The quantitative estimate of drug-likeness (QED) is 0.714. The van der Waals surface area contributed by atoms with Crippen molar-refractivity contribution in [2.45, 2.75) is 18.9 Å². The van der Waals surface area contributed by atoms with Gasteiger partial charge in [-0.3, -0.25) is 4.79 Å². The van der Waals surface area contributed by atoms with Crippen molar-refractivity contribution in [1.29, 1.82) is 0 Å². The van der Waals surface area contributed by atoms with Crippen LogP contribution in [0.4, 0.5) is 0 Å². The summed E-state index contributed by atoms with van der Waals surface area (Å²) < 4.78 is 0. The number of halogens is 2. The maximum absolute atomic E-state index is 12.0. The Hall–Kier alpha value is -0.880. The van der Waals surface area contributed by atoms with E-state index in [2.05, 4.69) is 10.3 Å². The van der Waals surface area contributed by atoms with E-state index in [-0.39, 0.29) is 29.1 Å². The fraction of sp³-hybridized carbons (Fsp3) is 0.455. The molecule has 1 aromatic heterocycles. The first-order valence-electron chi connectivity index (χ1n) is 5.34. The second-order valence-electron chi connectivity index (χ2n) is 3.88. The second-order valence-corrected chi connectivity index (χ2v) is 4.62. The molecule has 0 atom stereocenters.